The summed E-state index contributed by atoms with van der Waals surface area (Å²) < 4.78 is 5.17. The normalized spacial score (nSPS) is 10.7. The van der Waals surface area contributed by atoms with Gasteiger partial charge in [-0.15, -0.1) is 0 Å². The van der Waals surface area contributed by atoms with Gasteiger partial charge in [0.2, 0.25) is 0 Å². The minimum Gasteiger partial charge on any atom is -0.497 e. The summed E-state index contributed by atoms with van der Waals surface area (Å²) in [5.74, 6) is 1.58. The van der Waals surface area contributed by atoms with E-state index < -0.39 is 0 Å². The molecule has 1 heterocycles. The van der Waals surface area contributed by atoms with Gasteiger partial charge in [0.05, 0.1) is 22.8 Å². The van der Waals surface area contributed by atoms with Gasteiger partial charge in [-0.05, 0) is 43.3 Å². The van der Waals surface area contributed by atoms with Gasteiger partial charge in [-0.25, -0.2) is 4.98 Å². The van der Waals surface area contributed by atoms with Gasteiger partial charge >= 0.3 is 0 Å². The van der Waals surface area contributed by atoms with E-state index in [2.05, 4.69) is 9.97 Å². The van der Waals surface area contributed by atoms with E-state index in [1.807, 2.05) is 49.4 Å². The van der Waals surface area contributed by atoms with E-state index >= 15 is 0 Å². The van der Waals surface area contributed by atoms with Crippen LogP contribution in [0.25, 0.3) is 22.6 Å². The number of hydrogen-bond donors (Lipinski definition) is 1. The van der Waals surface area contributed by atoms with E-state index in [1.165, 1.54) is 0 Å². The largest absolute Gasteiger partial charge is 0.497 e. The summed E-state index contributed by atoms with van der Waals surface area (Å²) in [4.78, 5) is 7.94. The molecule has 112 valence electrons. The third-order valence-electron chi connectivity index (χ3n) is 3.45. The van der Waals surface area contributed by atoms with E-state index in [0.29, 0.717) is 10.0 Å². The zero-order valence-electron chi connectivity index (χ0n) is 12.2. The number of ether oxygens (including phenoxy) is 1. The smallest absolute Gasteiger partial charge is 0.138 e. The van der Waals surface area contributed by atoms with Crippen LogP contribution in [0.4, 0.5) is 0 Å². The van der Waals surface area contributed by atoms with Gasteiger partial charge in [-0.2, -0.15) is 0 Å². The summed E-state index contributed by atoms with van der Waals surface area (Å²) in [5.41, 5.74) is 3.40. The first kappa shape index (κ1) is 14.9. The highest BCUT2D eigenvalue weighted by Crippen LogP contribution is 2.36. The Kier molecular flexibility index (Phi) is 4.10. The zero-order valence-corrected chi connectivity index (χ0v) is 13.7. The second-order valence-electron chi connectivity index (χ2n) is 4.88. The number of aromatic amines is 1. The number of nitrogens with zero attached hydrogens (tertiary/aromatic N) is 1. The summed E-state index contributed by atoms with van der Waals surface area (Å²) in [6, 6.07) is 13.1. The molecule has 1 N–H and O–H groups in total. The molecule has 3 nitrogen and oxygen atoms in total. The van der Waals surface area contributed by atoms with Crippen LogP contribution in [-0.2, 0) is 0 Å². The molecule has 0 saturated carbocycles. The van der Waals surface area contributed by atoms with E-state index in [4.69, 9.17) is 27.9 Å². The molecule has 1 aromatic heterocycles. The van der Waals surface area contributed by atoms with Crippen molar-refractivity contribution in [3.63, 3.8) is 0 Å². The Hall–Kier alpha value is -1.97. The molecule has 22 heavy (non-hydrogen) atoms. The lowest BCUT2D eigenvalue weighted by Crippen LogP contribution is -1.85. The Morgan fingerprint density at radius 1 is 1.00 bits per heavy atom. The van der Waals surface area contributed by atoms with Crippen molar-refractivity contribution < 1.29 is 4.74 Å². The number of aromatic nitrogens is 2. The van der Waals surface area contributed by atoms with Crippen molar-refractivity contribution in [1.82, 2.24) is 9.97 Å². The quantitative estimate of drug-likeness (QED) is 0.700. The highest BCUT2D eigenvalue weighted by atomic mass is 35.5. The van der Waals surface area contributed by atoms with E-state index in [1.54, 1.807) is 7.11 Å². The fourth-order valence-corrected chi connectivity index (χ4v) is 2.89. The van der Waals surface area contributed by atoms with Crippen LogP contribution in [0.2, 0.25) is 10.0 Å². The number of benzene rings is 2. The highest BCUT2D eigenvalue weighted by Gasteiger charge is 2.16. The first-order chi connectivity index (χ1) is 10.6. The number of H-pyrrole nitrogens is 1. The average molecular weight is 333 g/mol. The first-order valence-corrected chi connectivity index (χ1v) is 7.51. The molecule has 2 aromatic carbocycles. The van der Waals surface area contributed by atoms with Gasteiger partial charge in [0.1, 0.15) is 11.6 Å². The average Bonchev–Trinajstić information content (AvgIpc) is 2.89. The molecule has 0 aliphatic carbocycles. The number of hydrogen-bond acceptors (Lipinski definition) is 2. The maximum atomic E-state index is 6.28. The molecule has 0 bridgehead atoms. The number of halogens is 2. The van der Waals surface area contributed by atoms with Crippen LogP contribution in [0, 0.1) is 6.92 Å². The van der Waals surface area contributed by atoms with E-state index in [-0.39, 0.29) is 0 Å². The number of aryl methyl sites for hydroxylation is 1. The van der Waals surface area contributed by atoms with Crippen LogP contribution in [0.3, 0.4) is 0 Å². The second-order valence-corrected chi connectivity index (χ2v) is 5.70. The number of rotatable bonds is 3. The Bertz CT molecular complexity index is 790. The zero-order chi connectivity index (χ0) is 15.7. The molecule has 0 amide bonds. The van der Waals surface area contributed by atoms with Crippen molar-refractivity contribution in [2.24, 2.45) is 0 Å². The molecule has 0 aliphatic heterocycles. The second kappa shape index (κ2) is 6.03. The molecule has 0 saturated heterocycles. The van der Waals surface area contributed by atoms with Gasteiger partial charge in [0.25, 0.3) is 0 Å². The first-order valence-electron chi connectivity index (χ1n) is 6.75. The van der Waals surface area contributed by atoms with Crippen LogP contribution in [-0.4, -0.2) is 17.1 Å². The van der Waals surface area contributed by atoms with Gasteiger partial charge < -0.3 is 9.72 Å². The predicted octanol–water partition coefficient (Wildman–Crippen LogP) is 5.37. The Morgan fingerprint density at radius 2 is 1.64 bits per heavy atom. The van der Waals surface area contributed by atoms with Crippen LogP contribution in [0.15, 0.2) is 42.5 Å². The molecule has 0 unspecified atom stereocenters. The highest BCUT2D eigenvalue weighted by molar-refractivity contribution is 6.39. The minimum atomic E-state index is 0.586. The monoisotopic (exact) mass is 332 g/mol. The Labute approximate surface area is 138 Å². The lowest BCUT2D eigenvalue weighted by molar-refractivity contribution is 0.415. The summed E-state index contributed by atoms with van der Waals surface area (Å²) in [6.07, 6.45) is 0. The molecular weight excluding hydrogens is 319 g/mol. The van der Waals surface area contributed by atoms with Crippen molar-refractivity contribution in [2.75, 3.05) is 7.11 Å². The topological polar surface area (TPSA) is 37.9 Å². The maximum absolute atomic E-state index is 6.28. The van der Waals surface area contributed by atoms with Crippen molar-refractivity contribution in [3.05, 3.63) is 58.2 Å². The fourth-order valence-electron chi connectivity index (χ4n) is 2.31. The van der Waals surface area contributed by atoms with Crippen molar-refractivity contribution in [1.29, 1.82) is 0 Å². The van der Waals surface area contributed by atoms with Crippen molar-refractivity contribution >= 4 is 23.2 Å². The molecule has 0 spiro atoms. The van der Waals surface area contributed by atoms with Gasteiger partial charge in [-0.1, -0.05) is 29.3 Å². The van der Waals surface area contributed by atoms with Crippen LogP contribution < -0.4 is 4.74 Å². The summed E-state index contributed by atoms with van der Waals surface area (Å²) in [7, 11) is 1.64. The molecule has 0 radical (unpaired) electrons. The SMILES string of the molecule is COc1ccc(-c2nc(-c3c(Cl)cccc3Cl)c(C)[nH]2)cc1. The molecule has 5 heteroatoms. The summed E-state index contributed by atoms with van der Waals surface area (Å²) in [5, 5.41) is 1.17. The van der Waals surface area contributed by atoms with Gasteiger partial charge in [-0.3, -0.25) is 0 Å². The Balaban J connectivity index is 2.07. The van der Waals surface area contributed by atoms with E-state index in [0.717, 1.165) is 34.1 Å². The molecule has 3 aromatic rings. The number of methoxy groups -OCH3 is 1. The maximum Gasteiger partial charge on any atom is 0.138 e. The predicted molar refractivity (Wildman–Crippen MR) is 90.8 cm³/mol. The molecule has 0 fully saturated rings. The number of nitrogens with one attached hydrogen (secondary N) is 1. The van der Waals surface area contributed by atoms with Gasteiger partial charge in [0, 0.05) is 16.8 Å². The fraction of sp³-hybridized carbons (Fsp3) is 0.118. The molecule has 0 atom stereocenters. The van der Waals surface area contributed by atoms with Gasteiger partial charge in [0.15, 0.2) is 0 Å². The standard InChI is InChI=1S/C17H14Cl2N2O/c1-10-16(15-13(18)4-3-5-14(15)19)21-17(20-10)11-6-8-12(22-2)9-7-11/h3-9H,1-2H3,(H,20,21). The van der Waals surface area contributed by atoms with Crippen LogP contribution >= 0.6 is 23.2 Å². The Morgan fingerprint density at radius 3 is 2.23 bits per heavy atom. The molecular formula is C17H14Cl2N2O. The van der Waals surface area contributed by atoms with E-state index in [9.17, 15) is 0 Å². The van der Waals surface area contributed by atoms with Crippen LogP contribution in [0.1, 0.15) is 5.69 Å². The molecule has 3 rings (SSSR count). The third kappa shape index (κ3) is 2.70. The third-order valence-corrected chi connectivity index (χ3v) is 4.08. The molecule has 0 aliphatic rings. The van der Waals surface area contributed by atoms with Crippen molar-refractivity contribution in [3.8, 4) is 28.4 Å². The lowest BCUT2D eigenvalue weighted by atomic mass is 10.1. The minimum absolute atomic E-state index is 0.586. The summed E-state index contributed by atoms with van der Waals surface area (Å²) >= 11 is 12.6. The summed E-state index contributed by atoms with van der Waals surface area (Å²) in [6.45, 7) is 1.95. The lowest BCUT2D eigenvalue weighted by Gasteiger charge is -2.04. The van der Waals surface area contributed by atoms with Crippen molar-refractivity contribution in [2.45, 2.75) is 6.92 Å². The van der Waals surface area contributed by atoms with Crippen LogP contribution in [0.5, 0.6) is 5.75 Å². The number of imidazole rings is 1.